The summed E-state index contributed by atoms with van der Waals surface area (Å²) in [5, 5.41) is 0. The van der Waals surface area contributed by atoms with Crippen LogP contribution in [0.3, 0.4) is 0 Å². The lowest BCUT2D eigenvalue weighted by molar-refractivity contribution is -0.00426. The minimum atomic E-state index is -3.46. The molecule has 5 nitrogen and oxygen atoms in total. The number of hydrogen-bond donors (Lipinski definition) is 0. The van der Waals surface area contributed by atoms with Gasteiger partial charge in [-0.15, -0.1) is 0 Å². The van der Waals surface area contributed by atoms with Crippen LogP contribution in [0.15, 0.2) is 24.3 Å². The van der Waals surface area contributed by atoms with Crippen molar-refractivity contribution in [2.75, 3.05) is 32.8 Å². The SMILES string of the molecule is CCN(CC)S(=O)(=O)N1CCO[C@@H](c2ccc(F)cc2)C1. The van der Waals surface area contributed by atoms with Crippen LogP contribution in [-0.4, -0.2) is 49.8 Å². The summed E-state index contributed by atoms with van der Waals surface area (Å²) in [5.74, 6) is -0.317. The van der Waals surface area contributed by atoms with Crippen LogP contribution < -0.4 is 0 Å². The molecule has 118 valence electrons. The van der Waals surface area contributed by atoms with Crippen LogP contribution in [0.25, 0.3) is 0 Å². The number of ether oxygens (including phenoxy) is 1. The van der Waals surface area contributed by atoms with Gasteiger partial charge in [0.05, 0.1) is 12.7 Å². The average Bonchev–Trinajstić information content (AvgIpc) is 2.49. The summed E-state index contributed by atoms with van der Waals surface area (Å²) in [6.45, 7) is 5.45. The molecule has 1 heterocycles. The van der Waals surface area contributed by atoms with Gasteiger partial charge in [-0.2, -0.15) is 17.0 Å². The standard InChI is InChI=1S/C14H21FN2O3S/c1-3-16(4-2)21(18,19)17-9-10-20-14(11-17)12-5-7-13(15)8-6-12/h5-8,14H,3-4,9-11H2,1-2H3/t14-/m1/s1. The Balaban J connectivity index is 2.15. The molecule has 0 N–H and O–H groups in total. The summed E-state index contributed by atoms with van der Waals surface area (Å²) in [4.78, 5) is 0. The van der Waals surface area contributed by atoms with Gasteiger partial charge in [-0.3, -0.25) is 0 Å². The van der Waals surface area contributed by atoms with E-state index >= 15 is 0 Å². The molecule has 0 amide bonds. The fraction of sp³-hybridized carbons (Fsp3) is 0.571. The summed E-state index contributed by atoms with van der Waals surface area (Å²) >= 11 is 0. The first-order valence-electron chi connectivity index (χ1n) is 7.11. The van der Waals surface area contributed by atoms with Crippen molar-refractivity contribution in [2.24, 2.45) is 0 Å². The van der Waals surface area contributed by atoms with E-state index in [0.717, 1.165) is 5.56 Å². The van der Waals surface area contributed by atoms with Crippen LogP contribution in [0.1, 0.15) is 25.5 Å². The van der Waals surface area contributed by atoms with Crippen LogP contribution in [0.4, 0.5) is 4.39 Å². The van der Waals surface area contributed by atoms with Crippen molar-refractivity contribution in [1.82, 2.24) is 8.61 Å². The third-order valence-electron chi connectivity index (χ3n) is 3.63. The van der Waals surface area contributed by atoms with Gasteiger partial charge >= 0.3 is 0 Å². The van der Waals surface area contributed by atoms with Gasteiger partial charge in [0.15, 0.2) is 0 Å². The lowest BCUT2D eigenvalue weighted by atomic mass is 10.1. The van der Waals surface area contributed by atoms with Crippen molar-refractivity contribution in [3.8, 4) is 0 Å². The zero-order valence-corrected chi connectivity index (χ0v) is 13.1. The summed E-state index contributed by atoms with van der Waals surface area (Å²) in [5.41, 5.74) is 0.788. The molecule has 1 aromatic rings. The fourth-order valence-electron chi connectivity index (χ4n) is 2.43. The van der Waals surface area contributed by atoms with Gasteiger partial charge in [0.1, 0.15) is 5.82 Å². The van der Waals surface area contributed by atoms with Gasteiger partial charge in [-0.1, -0.05) is 26.0 Å². The highest BCUT2D eigenvalue weighted by Crippen LogP contribution is 2.25. The quantitative estimate of drug-likeness (QED) is 0.832. The van der Waals surface area contributed by atoms with Crippen molar-refractivity contribution < 1.29 is 17.5 Å². The first-order valence-corrected chi connectivity index (χ1v) is 8.51. The second kappa shape index (κ2) is 6.83. The Morgan fingerprint density at radius 3 is 2.48 bits per heavy atom. The Hall–Kier alpha value is -1.02. The normalized spacial score (nSPS) is 20.9. The predicted octanol–water partition coefficient (Wildman–Crippen LogP) is 1.79. The molecule has 1 atom stereocenters. The molecule has 0 aromatic heterocycles. The molecule has 0 aliphatic carbocycles. The predicted molar refractivity (Wildman–Crippen MR) is 78.5 cm³/mol. The second-order valence-electron chi connectivity index (χ2n) is 4.86. The minimum Gasteiger partial charge on any atom is -0.371 e. The Morgan fingerprint density at radius 1 is 1.29 bits per heavy atom. The summed E-state index contributed by atoms with van der Waals surface area (Å²) in [6, 6.07) is 5.98. The number of benzene rings is 1. The molecule has 21 heavy (non-hydrogen) atoms. The zero-order chi connectivity index (χ0) is 15.5. The third kappa shape index (κ3) is 3.60. The Bertz CT molecular complexity index is 558. The van der Waals surface area contributed by atoms with E-state index in [0.29, 0.717) is 26.2 Å². The zero-order valence-electron chi connectivity index (χ0n) is 12.3. The molecule has 0 unspecified atom stereocenters. The summed E-state index contributed by atoms with van der Waals surface area (Å²) < 4.78 is 46.5. The van der Waals surface area contributed by atoms with Gasteiger partial charge in [-0.05, 0) is 17.7 Å². The van der Waals surface area contributed by atoms with E-state index in [2.05, 4.69) is 0 Å². The molecule has 1 saturated heterocycles. The van der Waals surface area contributed by atoms with Gasteiger partial charge in [0, 0.05) is 26.2 Å². The Labute approximate surface area is 125 Å². The van der Waals surface area contributed by atoms with E-state index in [1.807, 2.05) is 13.8 Å². The number of halogens is 1. The highest BCUT2D eigenvalue weighted by Gasteiger charge is 2.33. The van der Waals surface area contributed by atoms with Crippen LogP contribution in [0, 0.1) is 5.82 Å². The monoisotopic (exact) mass is 316 g/mol. The van der Waals surface area contributed by atoms with Gasteiger partial charge in [0.2, 0.25) is 0 Å². The Morgan fingerprint density at radius 2 is 1.90 bits per heavy atom. The van der Waals surface area contributed by atoms with Crippen LogP contribution >= 0.6 is 0 Å². The molecular formula is C14H21FN2O3S. The highest BCUT2D eigenvalue weighted by molar-refractivity contribution is 7.86. The third-order valence-corrected chi connectivity index (χ3v) is 5.78. The van der Waals surface area contributed by atoms with Crippen LogP contribution in [0.5, 0.6) is 0 Å². The van der Waals surface area contributed by atoms with Crippen molar-refractivity contribution in [3.63, 3.8) is 0 Å². The van der Waals surface area contributed by atoms with E-state index < -0.39 is 10.2 Å². The molecule has 1 aliphatic heterocycles. The van der Waals surface area contributed by atoms with Gasteiger partial charge in [0.25, 0.3) is 10.2 Å². The molecular weight excluding hydrogens is 295 g/mol. The van der Waals surface area contributed by atoms with E-state index in [1.165, 1.54) is 20.7 Å². The molecule has 0 saturated carbocycles. The maximum Gasteiger partial charge on any atom is 0.282 e. The number of hydrogen-bond acceptors (Lipinski definition) is 3. The fourth-order valence-corrected chi connectivity index (χ4v) is 4.04. The first-order chi connectivity index (χ1) is 9.98. The van der Waals surface area contributed by atoms with Crippen LogP contribution in [-0.2, 0) is 14.9 Å². The molecule has 0 bridgehead atoms. The largest absolute Gasteiger partial charge is 0.371 e. The Kier molecular flexibility index (Phi) is 5.32. The van der Waals surface area contributed by atoms with Crippen molar-refractivity contribution in [3.05, 3.63) is 35.6 Å². The molecule has 7 heteroatoms. The van der Waals surface area contributed by atoms with Crippen LogP contribution in [0.2, 0.25) is 0 Å². The first kappa shape index (κ1) is 16.4. The minimum absolute atomic E-state index is 0.254. The lowest BCUT2D eigenvalue weighted by Crippen LogP contribution is -2.49. The second-order valence-corrected chi connectivity index (χ2v) is 6.79. The van der Waals surface area contributed by atoms with E-state index in [-0.39, 0.29) is 18.5 Å². The van der Waals surface area contributed by atoms with Crippen molar-refractivity contribution in [2.45, 2.75) is 20.0 Å². The van der Waals surface area contributed by atoms with Crippen molar-refractivity contribution in [1.29, 1.82) is 0 Å². The maximum absolute atomic E-state index is 13.0. The lowest BCUT2D eigenvalue weighted by Gasteiger charge is -2.35. The van der Waals surface area contributed by atoms with Gasteiger partial charge < -0.3 is 4.74 Å². The van der Waals surface area contributed by atoms with E-state index in [1.54, 1.807) is 12.1 Å². The molecule has 1 aliphatic rings. The number of nitrogens with zero attached hydrogens (tertiary/aromatic N) is 2. The molecule has 0 spiro atoms. The smallest absolute Gasteiger partial charge is 0.282 e. The molecule has 1 aromatic carbocycles. The maximum atomic E-state index is 13.0. The highest BCUT2D eigenvalue weighted by atomic mass is 32.2. The van der Waals surface area contributed by atoms with E-state index in [9.17, 15) is 12.8 Å². The average molecular weight is 316 g/mol. The summed E-state index contributed by atoms with van der Waals surface area (Å²) in [7, 11) is -3.46. The van der Waals surface area contributed by atoms with Gasteiger partial charge in [-0.25, -0.2) is 4.39 Å². The number of morpholine rings is 1. The summed E-state index contributed by atoms with van der Waals surface area (Å²) in [6.07, 6.45) is -0.357. The molecule has 0 radical (unpaired) electrons. The number of rotatable bonds is 5. The molecule has 1 fully saturated rings. The van der Waals surface area contributed by atoms with Crippen molar-refractivity contribution >= 4 is 10.2 Å². The molecule has 2 rings (SSSR count). The van der Waals surface area contributed by atoms with E-state index in [4.69, 9.17) is 4.74 Å². The topological polar surface area (TPSA) is 49.9 Å².